The van der Waals surface area contributed by atoms with Crippen LogP contribution in [0, 0.1) is 17.6 Å². The molecule has 188 valence electrons. The van der Waals surface area contributed by atoms with Crippen LogP contribution in [0.25, 0.3) is 33.1 Å². The van der Waals surface area contributed by atoms with Gasteiger partial charge in [0.25, 0.3) is 0 Å². The summed E-state index contributed by atoms with van der Waals surface area (Å²) in [6, 6.07) is 22.9. The summed E-state index contributed by atoms with van der Waals surface area (Å²) in [7, 11) is 0. The number of hydrogen-bond donors (Lipinski definition) is 1. The molecule has 1 heterocycles. The van der Waals surface area contributed by atoms with Crippen LogP contribution in [0.5, 0.6) is 5.75 Å². The fraction of sp³-hybridized carbons (Fsp3) is 0.167. The molecule has 1 atom stereocenters. The number of carboxylic acids is 1. The van der Waals surface area contributed by atoms with Crippen molar-refractivity contribution >= 4 is 39.7 Å². The Morgan fingerprint density at radius 2 is 1.76 bits per heavy atom. The first kappa shape index (κ1) is 24.8. The minimum atomic E-state index is -0.868. The molecule has 4 aromatic carbocycles. The molecule has 0 fully saturated rings. The molecule has 0 spiro atoms. The van der Waals surface area contributed by atoms with E-state index in [2.05, 4.69) is 0 Å². The van der Waals surface area contributed by atoms with E-state index in [9.17, 15) is 9.18 Å². The highest BCUT2D eigenvalue weighted by atomic mass is 32.2. The molecular weight excluding hydrogens is 494 g/mol. The highest BCUT2D eigenvalue weighted by molar-refractivity contribution is 7.98. The van der Waals surface area contributed by atoms with Gasteiger partial charge in [-0.3, -0.25) is 4.79 Å². The van der Waals surface area contributed by atoms with Crippen LogP contribution < -0.4 is 4.74 Å². The van der Waals surface area contributed by atoms with Crippen molar-refractivity contribution in [3.63, 3.8) is 0 Å². The van der Waals surface area contributed by atoms with Crippen LogP contribution in [0.15, 0.2) is 83.3 Å². The predicted octanol–water partition coefficient (Wildman–Crippen LogP) is 8.06. The van der Waals surface area contributed by atoms with E-state index >= 15 is 4.39 Å². The van der Waals surface area contributed by atoms with Gasteiger partial charge >= 0.3 is 5.97 Å². The molecule has 0 bridgehead atoms. The van der Waals surface area contributed by atoms with Crippen LogP contribution in [-0.2, 0) is 17.2 Å². The molecule has 0 radical (unpaired) electrons. The van der Waals surface area contributed by atoms with Gasteiger partial charge in [0, 0.05) is 39.5 Å². The second-order valence-corrected chi connectivity index (χ2v) is 9.92. The van der Waals surface area contributed by atoms with E-state index in [0.717, 1.165) is 16.4 Å². The van der Waals surface area contributed by atoms with Gasteiger partial charge in [0.05, 0.1) is 5.92 Å². The summed E-state index contributed by atoms with van der Waals surface area (Å²) in [6.07, 6.45) is 0. The van der Waals surface area contributed by atoms with Gasteiger partial charge in [-0.15, -0.1) is 0 Å². The number of thioether (sulfide) groups is 1. The SMILES string of the molecule is CC(CSCc1ccc(OCc2ccc(-c3cccc4c3oc3ccccc34)c(F)c2)cc1F)C(=O)O. The zero-order valence-electron chi connectivity index (χ0n) is 20.0. The number of hydrogen-bond acceptors (Lipinski definition) is 4. The average Bonchev–Trinajstić information content (AvgIpc) is 3.27. The standard InChI is InChI=1S/C30H24F2O4S/c1-18(30(33)34)16-37-17-20-10-11-21(14-26(20)31)35-15-19-9-12-22(27(32)13-19)24-6-4-7-25-23-5-2-3-8-28(23)36-29(24)25/h2-14,18H,15-17H2,1H3,(H,33,34). The number of fused-ring (bicyclic) bond motifs is 3. The largest absolute Gasteiger partial charge is 0.489 e. The van der Waals surface area contributed by atoms with Crippen molar-refractivity contribution < 1.29 is 27.8 Å². The van der Waals surface area contributed by atoms with E-state index in [1.165, 1.54) is 23.9 Å². The fourth-order valence-electron chi connectivity index (χ4n) is 4.14. The maximum Gasteiger partial charge on any atom is 0.307 e. The van der Waals surface area contributed by atoms with Crippen molar-refractivity contribution in [3.8, 4) is 16.9 Å². The van der Waals surface area contributed by atoms with Crippen molar-refractivity contribution in [1.82, 2.24) is 0 Å². The van der Waals surface area contributed by atoms with E-state index in [-0.39, 0.29) is 6.61 Å². The minimum Gasteiger partial charge on any atom is -0.489 e. The van der Waals surface area contributed by atoms with E-state index in [0.29, 0.717) is 45.1 Å². The third-order valence-electron chi connectivity index (χ3n) is 6.20. The normalized spacial score (nSPS) is 12.2. The summed E-state index contributed by atoms with van der Waals surface area (Å²) in [5, 5.41) is 10.9. The smallest absolute Gasteiger partial charge is 0.307 e. The Bertz CT molecular complexity index is 1590. The summed E-state index contributed by atoms with van der Waals surface area (Å²) >= 11 is 1.37. The molecule has 0 aliphatic carbocycles. The number of furan rings is 1. The molecule has 0 amide bonds. The Morgan fingerprint density at radius 1 is 0.946 bits per heavy atom. The van der Waals surface area contributed by atoms with Gasteiger partial charge in [0.2, 0.25) is 0 Å². The number of rotatable bonds is 9. The lowest BCUT2D eigenvalue weighted by Crippen LogP contribution is -2.11. The summed E-state index contributed by atoms with van der Waals surface area (Å²) in [4.78, 5) is 10.9. The molecule has 5 rings (SSSR count). The van der Waals surface area contributed by atoms with E-state index < -0.39 is 23.5 Å². The Morgan fingerprint density at radius 3 is 2.54 bits per heavy atom. The van der Waals surface area contributed by atoms with Gasteiger partial charge < -0.3 is 14.3 Å². The number of carboxylic acid groups (broad SMARTS) is 1. The summed E-state index contributed by atoms with van der Waals surface area (Å²) < 4.78 is 41.4. The third kappa shape index (κ3) is 5.32. The summed E-state index contributed by atoms with van der Waals surface area (Å²) in [6.45, 7) is 1.70. The molecule has 0 saturated carbocycles. The number of halogens is 2. The number of carbonyl (C=O) groups is 1. The van der Waals surface area contributed by atoms with Gasteiger partial charge in [-0.1, -0.05) is 61.5 Å². The Labute approximate surface area is 216 Å². The van der Waals surface area contributed by atoms with Gasteiger partial charge in [-0.05, 0) is 29.3 Å². The quantitative estimate of drug-likeness (QED) is 0.214. The molecule has 4 nitrogen and oxygen atoms in total. The number of aliphatic carboxylic acids is 1. The first-order valence-corrected chi connectivity index (χ1v) is 13.0. The van der Waals surface area contributed by atoms with Crippen LogP contribution in [-0.4, -0.2) is 16.8 Å². The van der Waals surface area contributed by atoms with Crippen LogP contribution in [0.4, 0.5) is 8.78 Å². The van der Waals surface area contributed by atoms with Gasteiger partial charge in [-0.2, -0.15) is 11.8 Å². The monoisotopic (exact) mass is 518 g/mol. The average molecular weight is 519 g/mol. The molecule has 1 N–H and O–H groups in total. The van der Waals surface area contributed by atoms with Gasteiger partial charge in [0.15, 0.2) is 0 Å². The fourth-order valence-corrected chi connectivity index (χ4v) is 5.21. The van der Waals surface area contributed by atoms with E-state index in [1.807, 2.05) is 42.5 Å². The molecular formula is C30H24F2O4S. The second kappa shape index (κ2) is 10.6. The molecule has 0 aliphatic heterocycles. The second-order valence-electron chi connectivity index (χ2n) is 8.89. The first-order chi connectivity index (χ1) is 17.9. The number of benzene rings is 4. The predicted molar refractivity (Wildman–Crippen MR) is 143 cm³/mol. The summed E-state index contributed by atoms with van der Waals surface area (Å²) in [5.74, 6) is -1.08. The van der Waals surface area contributed by atoms with Crippen molar-refractivity contribution in [3.05, 3.63) is 102 Å². The molecule has 37 heavy (non-hydrogen) atoms. The van der Waals surface area contributed by atoms with E-state index in [1.54, 1.807) is 31.2 Å². The number of para-hydroxylation sites is 2. The molecule has 5 aromatic rings. The van der Waals surface area contributed by atoms with Crippen molar-refractivity contribution in [2.45, 2.75) is 19.3 Å². The third-order valence-corrected chi connectivity index (χ3v) is 7.46. The topological polar surface area (TPSA) is 59.7 Å². The van der Waals surface area contributed by atoms with Crippen molar-refractivity contribution in [2.75, 3.05) is 5.75 Å². The summed E-state index contributed by atoms with van der Waals surface area (Å²) in [5.41, 5.74) is 3.58. The minimum absolute atomic E-state index is 0.0791. The lowest BCUT2D eigenvalue weighted by molar-refractivity contribution is -0.140. The van der Waals surface area contributed by atoms with Crippen LogP contribution >= 0.6 is 11.8 Å². The lowest BCUT2D eigenvalue weighted by atomic mass is 10.0. The first-order valence-electron chi connectivity index (χ1n) is 11.8. The Kier molecular flexibility index (Phi) is 7.15. The highest BCUT2D eigenvalue weighted by Gasteiger charge is 2.15. The lowest BCUT2D eigenvalue weighted by Gasteiger charge is -2.11. The zero-order chi connectivity index (χ0) is 25.9. The molecule has 1 unspecified atom stereocenters. The maximum atomic E-state index is 15.2. The van der Waals surface area contributed by atoms with Crippen LogP contribution in [0.2, 0.25) is 0 Å². The molecule has 0 saturated heterocycles. The highest BCUT2D eigenvalue weighted by Crippen LogP contribution is 2.36. The van der Waals surface area contributed by atoms with E-state index in [4.69, 9.17) is 14.3 Å². The van der Waals surface area contributed by atoms with Crippen molar-refractivity contribution in [1.29, 1.82) is 0 Å². The number of ether oxygens (including phenoxy) is 1. The van der Waals surface area contributed by atoms with Crippen LogP contribution in [0.3, 0.4) is 0 Å². The van der Waals surface area contributed by atoms with Crippen LogP contribution in [0.1, 0.15) is 18.1 Å². The Hall–Kier alpha value is -3.84. The van der Waals surface area contributed by atoms with Crippen molar-refractivity contribution in [2.24, 2.45) is 5.92 Å². The molecule has 7 heteroatoms. The van der Waals surface area contributed by atoms with Gasteiger partial charge in [0.1, 0.15) is 35.2 Å². The van der Waals surface area contributed by atoms with Gasteiger partial charge in [-0.25, -0.2) is 8.78 Å². The molecule has 0 aliphatic rings. The maximum absolute atomic E-state index is 15.2. The Balaban J connectivity index is 1.28. The zero-order valence-corrected chi connectivity index (χ0v) is 20.9. The molecule has 1 aromatic heterocycles.